The van der Waals surface area contributed by atoms with Crippen LogP contribution in [0.2, 0.25) is 0 Å². The van der Waals surface area contributed by atoms with Crippen molar-refractivity contribution in [3.8, 4) is 0 Å². The van der Waals surface area contributed by atoms with Gasteiger partial charge >= 0.3 is 0 Å². The van der Waals surface area contributed by atoms with Crippen LogP contribution in [0.15, 0.2) is 177 Å². The van der Waals surface area contributed by atoms with Crippen molar-refractivity contribution < 1.29 is 0 Å². The lowest BCUT2D eigenvalue weighted by atomic mass is 9.83. The van der Waals surface area contributed by atoms with Gasteiger partial charge in [-0.05, 0) is 114 Å². The minimum atomic E-state index is 0.267. The van der Waals surface area contributed by atoms with E-state index >= 15 is 0 Å². The smallest absolute Gasteiger partial charge is 0.0516 e. The number of nitrogens with zero attached hydrogens (tertiary/aromatic N) is 2. The minimum absolute atomic E-state index is 0.267. The topological polar surface area (TPSA) is 6.48 Å². The molecule has 0 radical (unpaired) electrons. The van der Waals surface area contributed by atoms with Crippen LogP contribution in [-0.2, 0) is 19.3 Å². The second-order valence-corrected chi connectivity index (χ2v) is 14.4. The first-order valence-electron chi connectivity index (χ1n) is 19.0. The molecular formula is C50H48N2. The summed E-state index contributed by atoms with van der Waals surface area (Å²) in [6.45, 7) is 6.52. The van der Waals surface area contributed by atoms with Crippen molar-refractivity contribution in [2.24, 2.45) is 0 Å². The van der Waals surface area contributed by atoms with Gasteiger partial charge in [-0.1, -0.05) is 146 Å². The predicted octanol–water partition coefficient (Wildman–Crippen LogP) is 12.1. The van der Waals surface area contributed by atoms with Gasteiger partial charge in [0.25, 0.3) is 0 Å². The lowest BCUT2D eigenvalue weighted by Crippen LogP contribution is -2.37. The molecule has 2 heterocycles. The number of benzene rings is 5. The molecule has 1 aliphatic carbocycles. The van der Waals surface area contributed by atoms with Crippen LogP contribution in [0, 0.1) is 0 Å². The number of para-hydroxylation sites is 2. The van der Waals surface area contributed by atoms with E-state index in [9.17, 15) is 0 Å². The molecule has 8 rings (SSSR count). The molecule has 0 bridgehead atoms. The molecule has 0 amide bonds. The quantitative estimate of drug-likeness (QED) is 0.169. The zero-order valence-electron chi connectivity index (χ0n) is 30.1. The van der Waals surface area contributed by atoms with E-state index in [-0.39, 0.29) is 6.04 Å². The Morgan fingerprint density at radius 1 is 0.654 bits per heavy atom. The van der Waals surface area contributed by atoms with Gasteiger partial charge in [-0.2, -0.15) is 0 Å². The van der Waals surface area contributed by atoms with Gasteiger partial charge in [0.2, 0.25) is 0 Å². The largest absolute Gasteiger partial charge is 0.364 e. The Kier molecular flexibility index (Phi) is 10.2. The molecule has 5 aromatic rings. The van der Waals surface area contributed by atoms with Gasteiger partial charge in [0.05, 0.1) is 6.04 Å². The van der Waals surface area contributed by atoms with Crippen molar-refractivity contribution in [1.29, 1.82) is 0 Å². The highest BCUT2D eigenvalue weighted by Gasteiger charge is 2.28. The first kappa shape index (κ1) is 33.5. The van der Waals surface area contributed by atoms with Crippen molar-refractivity contribution in [3.63, 3.8) is 0 Å². The molecule has 2 nitrogen and oxygen atoms in total. The van der Waals surface area contributed by atoms with Crippen LogP contribution in [0.4, 0.5) is 17.1 Å². The third kappa shape index (κ3) is 7.53. The summed E-state index contributed by atoms with van der Waals surface area (Å²) in [5, 5.41) is 0. The Balaban J connectivity index is 1.02. The minimum Gasteiger partial charge on any atom is -0.364 e. The average molecular weight is 677 g/mol. The summed E-state index contributed by atoms with van der Waals surface area (Å²) >= 11 is 0. The summed E-state index contributed by atoms with van der Waals surface area (Å²) < 4.78 is 0. The van der Waals surface area contributed by atoms with Crippen molar-refractivity contribution in [3.05, 3.63) is 210 Å². The standard InChI is InChI=1S/C50H48N2/c1-38-35-44(41-28-26-40(27-29-41)25-24-39-15-6-4-7-16-39)32-34-52(50-23-12-11-22-48(38)50)47-21-14-18-42(37-47)43-30-31-49-45(36-43)17-8-2-3-13-33-51(49)46-19-9-5-10-20-46/h2-16,18-23,26-31,36,44,47H,1,17,24-25,32-35,37H2/b8-2-,13-3-. The monoisotopic (exact) mass is 676 g/mol. The lowest BCUT2D eigenvalue weighted by molar-refractivity contribution is 0.584. The van der Waals surface area contributed by atoms with E-state index < -0.39 is 0 Å². The van der Waals surface area contributed by atoms with Gasteiger partial charge < -0.3 is 9.80 Å². The number of rotatable bonds is 7. The first-order valence-corrected chi connectivity index (χ1v) is 19.0. The van der Waals surface area contributed by atoms with Crippen molar-refractivity contribution in [2.45, 2.75) is 50.5 Å². The van der Waals surface area contributed by atoms with E-state index in [1.54, 1.807) is 0 Å². The molecular weight excluding hydrogens is 629 g/mol. The van der Waals surface area contributed by atoms with Crippen molar-refractivity contribution >= 4 is 28.2 Å². The third-order valence-electron chi connectivity index (χ3n) is 11.1. The van der Waals surface area contributed by atoms with Crippen molar-refractivity contribution in [1.82, 2.24) is 0 Å². The molecule has 2 atom stereocenters. The molecule has 0 fully saturated rings. The van der Waals surface area contributed by atoms with Gasteiger partial charge in [0, 0.05) is 35.7 Å². The lowest BCUT2D eigenvalue weighted by Gasteiger charge is -2.38. The number of anilines is 3. The van der Waals surface area contributed by atoms with Crippen LogP contribution >= 0.6 is 0 Å². The number of hydrogen-bond donors (Lipinski definition) is 0. The van der Waals surface area contributed by atoms with Crippen LogP contribution in [-0.4, -0.2) is 19.1 Å². The molecule has 0 aromatic heterocycles. The Hall–Kier alpha value is -5.60. The summed E-state index contributed by atoms with van der Waals surface area (Å²) in [6, 6.07) is 47.3. The molecule has 258 valence electrons. The van der Waals surface area contributed by atoms with E-state index in [1.165, 1.54) is 61.6 Å². The van der Waals surface area contributed by atoms with Gasteiger partial charge in [-0.25, -0.2) is 0 Å². The second kappa shape index (κ2) is 15.7. The van der Waals surface area contributed by atoms with Gasteiger partial charge in [0.1, 0.15) is 0 Å². The van der Waals surface area contributed by atoms with Crippen LogP contribution in [0.5, 0.6) is 0 Å². The van der Waals surface area contributed by atoms with Gasteiger partial charge in [-0.3, -0.25) is 0 Å². The zero-order valence-corrected chi connectivity index (χ0v) is 30.1. The van der Waals surface area contributed by atoms with E-state index in [2.05, 4.69) is 186 Å². The maximum atomic E-state index is 4.68. The number of aryl methyl sites for hydroxylation is 2. The van der Waals surface area contributed by atoms with Gasteiger partial charge in [-0.15, -0.1) is 0 Å². The Morgan fingerprint density at radius 3 is 2.21 bits per heavy atom. The highest BCUT2D eigenvalue weighted by Crippen LogP contribution is 2.41. The molecule has 0 saturated carbocycles. The second-order valence-electron chi connectivity index (χ2n) is 14.4. The molecule has 52 heavy (non-hydrogen) atoms. The molecule has 0 spiro atoms. The highest BCUT2D eigenvalue weighted by molar-refractivity contribution is 5.79. The molecule has 3 aliphatic rings. The summed E-state index contributed by atoms with van der Waals surface area (Å²) in [4.78, 5) is 5.09. The summed E-state index contributed by atoms with van der Waals surface area (Å²) in [7, 11) is 0. The molecule has 2 heteroatoms. The maximum absolute atomic E-state index is 4.68. The maximum Gasteiger partial charge on any atom is 0.0516 e. The SMILES string of the molecule is C=C1CC(c2ccc(CCc3ccccc3)cc2)CCN(C2C=CC=C(c3ccc4c(c3)C/C=C\C=C/CN4c3ccccc3)C2)c2ccccc21. The predicted molar refractivity (Wildman–Crippen MR) is 222 cm³/mol. The fourth-order valence-corrected chi connectivity index (χ4v) is 8.24. The van der Waals surface area contributed by atoms with E-state index in [4.69, 9.17) is 0 Å². The molecule has 0 N–H and O–H groups in total. The van der Waals surface area contributed by atoms with E-state index in [1.807, 2.05) is 0 Å². The van der Waals surface area contributed by atoms with Crippen LogP contribution < -0.4 is 9.80 Å². The Bertz CT molecular complexity index is 2120. The van der Waals surface area contributed by atoms with Crippen LogP contribution in [0.3, 0.4) is 0 Å². The molecule has 2 unspecified atom stereocenters. The Morgan fingerprint density at radius 2 is 1.38 bits per heavy atom. The molecule has 5 aromatic carbocycles. The normalized spacial score (nSPS) is 19.9. The summed E-state index contributed by atoms with van der Waals surface area (Å²) in [6.07, 6.45) is 22.0. The number of allylic oxidation sites excluding steroid dienone is 6. The van der Waals surface area contributed by atoms with Crippen LogP contribution in [0.1, 0.15) is 58.6 Å². The average Bonchev–Trinajstić information content (AvgIpc) is 3.30. The first-order chi connectivity index (χ1) is 25.7. The third-order valence-corrected chi connectivity index (χ3v) is 11.1. The fourth-order valence-electron chi connectivity index (χ4n) is 8.24. The molecule has 0 saturated heterocycles. The number of fused-ring (bicyclic) bond motifs is 2. The number of hydrogen-bond acceptors (Lipinski definition) is 2. The Labute approximate surface area is 310 Å². The fraction of sp³-hybridized carbons (Fsp3) is 0.200. The van der Waals surface area contributed by atoms with Crippen LogP contribution in [0.25, 0.3) is 11.1 Å². The van der Waals surface area contributed by atoms with Gasteiger partial charge in [0.15, 0.2) is 0 Å². The van der Waals surface area contributed by atoms with E-state index in [0.29, 0.717) is 5.92 Å². The van der Waals surface area contributed by atoms with Crippen molar-refractivity contribution in [2.75, 3.05) is 22.9 Å². The summed E-state index contributed by atoms with van der Waals surface area (Å²) in [5.41, 5.74) is 14.6. The highest BCUT2D eigenvalue weighted by atomic mass is 15.2. The summed E-state index contributed by atoms with van der Waals surface area (Å²) in [5.74, 6) is 0.432. The zero-order chi connectivity index (χ0) is 35.1. The van der Waals surface area contributed by atoms with E-state index in [0.717, 1.165) is 51.6 Å². The molecule has 2 aliphatic heterocycles.